The number of amides is 1. The van der Waals surface area contributed by atoms with E-state index in [0.717, 1.165) is 27.7 Å². The van der Waals surface area contributed by atoms with Crippen molar-refractivity contribution < 1.29 is 9.53 Å². The van der Waals surface area contributed by atoms with Crippen LogP contribution in [0.4, 0.5) is 5.69 Å². The Hall–Kier alpha value is -3.85. The summed E-state index contributed by atoms with van der Waals surface area (Å²) in [6.45, 7) is 2.38. The number of ether oxygens (including phenoxy) is 1. The molecule has 0 bridgehead atoms. The molecule has 0 spiro atoms. The normalized spacial score (nSPS) is 11.0. The first kappa shape index (κ1) is 19.5. The maximum atomic E-state index is 12.2. The monoisotopic (exact) mass is 418 g/mol. The molecular weight excluding hydrogens is 400 g/mol. The lowest BCUT2D eigenvalue weighted by Gasteiger charge is -2.05. The van der Waals surface area contributed by atoms with Crippen molar-refractivity contribution in [1.29, 1.82) is 0 Å². The second-order valence-corrected chi connectivity index (χ2v) is 7.41. The largest absolute Gasteiger partial charge is 0.487 e. The third-order valence-corrected chi connectivity index (χ3v) is 4.91. The quantitative estimate of drug-likeness (QED) is 0.460. The second-order valence-electron chi connectivity index (χ2n) is 6.34. The number of thiazole rings is 1. The highest BCUT2D eigenvalue weighted by Crippen LogP contribution is 2.17. The molecule has 0 aliphatic rings. The molecule has 2 aromatic heterocycles. The minimum atomic E-state index is -0.227. The minimum absolute atomic E-state index is 0.227. The Morgan fingerprint density at radius 3 is 2.83 bits per heavy atom. The van der Waals surface area contributed by atoms with Crippen molar-refractivity contribution in [1.82, 2.24) is 25.2 Å². The van der Waals surface area contributed by atoms with Crippen molar-refractivity contribution in [3.63, 3.8) is 0 Å². The fourth-order valence-electron chi connectivity index (χ4n) is 2.67. The molecule has 0 radical (unpaired) electrons. The first-order valence-electron chi connectivity index (χ1n) is 9.12. The van der Waals surface area contributed by atoms with Crippen molar-refractivity contribution >= 4 is 29.0 Å². The Labute approximate surface area is 176 Å². The third kappa shape index (κ3) is 5.15. The van der Waals surface area contributed by atoms with E-state index >= 15 is 0 Å². The summed E-state index contributed by atoms with van der Waals surface area (Å²) < 4.78 is 7.32. The van der Waals surface area contributed by atoms with Crippen LogP contribution in [0.15, 0.2) is 66.3 Å². The van der Waals surface area contributed by atoms with Gasteiger partial charge in [-0.25, -0.2) is 9.67 Å². The van der Waals surface area contributed by atoms with Crippen LogP contribution in [0, 0.1) is 6.92 Å². The van der Waals surface area contributed by atoms with Gasteiger partial charge in [-0.3, -0.25) is 4.79 Å². The van der Waals surface area contributed by atoms with Gasteiger partial charge < -0.3 is 10.1 Å². The highest BCUT2D eigenvalue weighted by atomic mass is 32.1. The summed E-state index contributed by atoms with van der Waals surface area (Å²) in [5.41, 5.74) is 3.25. The van der Waals surface area contributed by atoms with E-state index in [0.29, 0.717) is 12.3 Å². The molecule has 4 rings (SSSR count). The van der Waals surface area contributed by atoms with Gasteiger partial charge in [0.05, 0.1) is 16.4 Å². The summed E-state index contributed by atoms with van der Waals surface area (Å²) in [7, 11) is 0. The lowest BCUT2D eigenvalue weighted by molar-refractivity contribution is -0.111. The molecule has 0 fully saturated rings. The molecule has 2 aromatic carbocycles. The lowest BCUT2D eigenvalue weighted by atomic mass is 10.2. The molecule has 0 saturated heterocycles. The summed E-state index contributed by atoms with van der Waals surface area (Å²) in [6.07, 6.45) is 4.73. The molecule has 0 aliphatic heterocycles. The average molecular weight is 418 g/mol. The zero-order valence-corrected chi connectivity index (χ0v) is 16.9. The number of aromatic nitrogens is 5. The van der Waals surface area contributed by atoms with Gasteiger partial charge in [-0.15, -0.1) is 16.4 Å². The van der Waals surface area contributed by atoms with Crippen molar-refractivity contribution in [2.75, 3.05) is 5.32 Å². The van der Waals surface area contributed by atoms with E-state index < -0.39 is 0 Å². The Kier molecular flexibility index (Phi) is 5.90. The summed E-state index contributed by atoms with van der Waals surface area (Å²) in [5, 5.41) is 16.8. The SMILES string of the molecule is Cc1nc(COc2cccc(/C=C/C(=O)Nc3ccc(-n4cnnn4)cc3)c2)cs1. The Bertz CT molecular complexity index is 1150. The maximum Gasteiger partial charge on any atom is 0.248 e. The number of nitrogens with one attached hydrogen (secondary N) is 1. The summed E-state index contributed by atoms with van der Waals surface area (Å²) >= 11 is 1.60. The molecule has 30 heavy (non-hydrogen) atoms. The van der Waals surface area contributed by atoms with Gasteiger partial charge in [0.2, 0.25) is 5.91 Å². The molecule has 0 saturated carbocycles. The summed E-state index contributed by atoms with van der Waals surface area (Å²) in [4.78, 5) is 16.6. The lowest BCUT2D eigenvalue weighted by Crippen LogP contribution is -2.07. The number of carbonyl (C=O) groups excluding carboxylic acids is 1. The molecule has 1 amide bonds. The molecule has 2 heterocycles. The van der Waals surface area contributed by atoms with E-state index in [1.165, 1.54) is 17.1 Å². The van der Waals surface area contributed by atoms with Crippen LogP contribution in [-0.2, 0) is 11.4 Å². The van der Waals surface area contributed by atoms with Crippen LogP contribution in [-0.4, -0.2) is 31.1 Å². The number of benzene rings is 2. The van der Waals surface area contributed by atoms with E-state index in [-0.39, 0.29) is 5.91 Å². The predicted octanol–water partition coefficient (Wildman–Crippen LogP) is 3.66. The number of nitrogens with zero attached hydrogens (tertiary/aromatic N) is 5. The highest BCUT2D eigenvalue weighted by molar-refractivity contribution is 7.09. The van der Waals surface area contributed by atoms with Crippen LogP contribution in [0.3, 0.4) is 0 Å². The van der Waals surface area contributed by atoms with Gasteiger partial charge in [0.15, 0.2) is 0 Å². The second kappa shape index (κ2) is 9.10. The van der Waals surface area contributed by atoms with Crippen molar-refractivity contribution in [2.24, 2.45) is 0 Å². The van der Waals surface area contributed by atoms with Gasteiger partial charge in [0.25, 0.3) is 0 Å². The molecule has 150 valence electrons. The number of hydrogen-bond acceptors (Lipinski definition) is 7. The van der Waals surface area contributed by atoms with E-state index in [4.69, 9.17) is 4.74 Å². The van der Waals surface area contributed by atoms with E-state index in [1.807, 2.05) is 48.7 Å². The van der Waals surface area contributed by atoms with Gasteiger partial charge in [0.1, 0.15) is 18.7 Å². The third-order valence-electron chi connectivity index (χ3n) is 4.09. The zero-order chi connectivity index (χ0) is 20.8. The van der Waals surface area contributed by atoms with Crippen LogP contribution in [0.5, 0.6) is 5.75 Å². The van der Waals surface area contributed by atoms with Crippen molar-refractivity contribution in [3.05, 3.63) is 82.6 Å². The number of rotatable bonds is 7. The van der Waals surface area contributed by atoms with Crippen LogP contribution >= 0.6 is 11.3 Å². The zero-order valence-electron chi connectivity index (χ0n) is 16.1. The van der Waals surface area contributed by atoms with E-state index in [1.54, 1.807) is 29.5 Å². The minimum Gasteiger partial charge on any atom is -0.487 e. The Balaban J connectivity index is 1.33. The molecule has 8 nitrogen and oxygen atoms in total. The topological polar surface area (TPSA) is 94.8 Å². The summed E-state index contributed by atoms with van der Waals surface area (Å²) in [6, 6.07) is 14.8. The van der Waals surface area contributed by atoms with Gasteiger partial charge in [-0.05, 0) is 65.4 Å². The first-order valence-corrected chi connectivity index (χ1v) is 10.00. The standard InChI is InChI=1S/C21H18N6O2S/c1-15-23-18(13-30-15)12-29-20-4-2-3-16(11-20)5-10-21(28)24-17-6-8-19(9-7-17)27-14-22-25-26-27/h2-11,13-14H,12H2,1H3,(H,24,28)/b10-5+. The van der Waals surface area contributed by atoms with Gasteiger partial charge in [0, 0.05) is 17.1 Å². The predicted molar refractivity (Wildman–Crippen MR) is 114 cm³/mol. The van der Waals surface area contributed by atoms with Gasteiger partial charge >= 0.3 is 0 Å². The highest BCUT2D eigenvalue weighted by Gasteiger charge is 2.03. The smallest absolute Gasteiger partial charge is 0.248 e. The molecule has 1 N–H and O–H groups in total. The van der Waals surface area contributed by atoms with Crippen molar-refractivity contribution in [2.45, 2.75) is 13.5 Å². The van der Waals surface area contributed by atoms with Crippen LogP contribution < -0.4 is 10.1 Å². The van der Waals surface area contributed by atoms with Gasteiger partial charge in [-0.2, -0.15) is 0 Å². The number of hydrogen-bond donors (Lipinski definition) is 1. The fourth-order valence-corrected chi connectivity index (χ4v) is 3.27. The molecule has 0 atom stereocenters. The number of tetrazole rings is 1. The average Bonchev–Trinajstić information content (AvgIpc) is 3.44. The maximum absolute atomic E-state index is 12.2. The van der Waals surface area contributed by atoms with Gasteiger partial charge in [-0.1, -0.05) is 12.1 Å². The number of carbonyl (C=O) groups is 1. The molecule has 0 aliphatic carbocycles. The van der Waals surface area contributed by atoms with Crippen LogP contribution in [0.2, 0.25) is 0 Å². The van der Waals surface area contributed by atoms with Crippen LogP contribution in [0.1, 0.15) is 16.3 Å². The Morgan fingerprint density at radius 1 is 1.23 bits per heavy atom. The number of aryl methyl sites for hydroxylation is 1. The van der Waals surface area contributed by atoms with Crippen LogP contribution in [0.25, 0.3) is 11.8 Å². The molecule has 9 heteroatoms. The summed E-state index contributed by atoms with van der Waals surface area (Å²) in [5.74, 6) is 0.496. The molecular formula is C21H18N6O2S. The van der Waals surface area contributed by atoms with Crippen molar-refractivity contribution in [3.8, 4) is 11.4 Å². The Morgan fingerprint density at radius 2 is 2.10 bits per heavy atom. The fraction of sp³-hybridized carbons (Fsp3) is 0.0952. The van der Waals surface area contributed by atoms with E-state index in [2.05, 4.69) is 25.8 Å². The first-order chi connectivity index (χ1) is 14.7. The van der Waals surface area contributed by atoms with E-state index in [9.17, 15) is 4.79 Å². The molecule has 0 unspecified atom stereocenters. The molecule has 4 aromatic rings. The number of anilines is 1.